The predicted molar refractivity (Wildman–Crippen MR) is 89.9 cm³/mol. The zero-order chi connectivity index (χ0) is 16.1. The average Bonchev–Trinajstić information content (AvgIpc) is 3.10. The number of nitrogens with zero attached hydrogens (tertiary/aromatic N) is 2. The first kappa shape index (κ1) is 15.2. The van der Waals surface area contributed by atoms with Crippen molar-refractivity contribution in [3.63, 3.8) is 0 Å². The first-order valence-corrected chi connectivity index (χ1v) is 7.28. The van der Waals surface area contributed by atoms with E-state index in [-0.39, 0.29) is 12.2 Å². The van der Waals surface area contributed by atoms with E-state index in [1.54, 1.807) is 6.21 Å². The van der Waals surface area contributed by atoms with Crippen LogP contribution in [0.4, 0.5) is 0 Å². The largest absolute Gasteiger partial charge is 0.369 e. The summed E-state index contributed by atoms with van der Waals surface area (Å²) in [6.45, 7) is 1.25. The first-order valence-electron chi connectivity index (χ1n) is 7.28. The van der Waals surface area contributed by atoms with Crippen LogP contribution < -0.4 is 11.5 Å². The van der Waals surface area contributed by atoms with Crippen LogP contribution in [0.3, 0.4) is 0 Å². The summed E-state index contributed by atoms with van der Waals surface area (Å²) in [6, 6.07) is 16.0. The van der Waals surface area contributed by atoms with Crippen molar-refractivity contribution in [3.05, 3.63) is 59.7 Å². The molecule has 1 heterocycles. The topological polar surface area (TPSA) is 95.2 Å². The van der Waals surface area contributed by atoms with Crippen molar-refractivity contribution in [2.45, 2.75) is 6.29 Å². The van der Waals surface area contributed by atoms with Gasteiger partial charge in [0.25, 0.3) is 0 Å². The van der Waals surface area contributed by atoms with Crippen molar-refractivity contribution in [1.29, 1.82) is 0 Å². The van der Waals surface area contributed by atoms with Crippen LogP contribution in [0.5, 0.6) is 0 Å². The standard InChI is InChI=1S/C17H18N4O2/c18-17(19)21-20-11-12-5-7-13(8-6-12)14-3-1-2-4-15(14)16-22-9-10-23-16/h1-8,11,16H,9-10H2,(H4,18,19,21). The van der Waals surface area contributed by atoms with Crippen LogP contribution >= 0.6 is 0 Å². The van der Waals surface area contributed by atoms with E-state index in [1.807, 2.05) is 42.5 Å². The molecular weight excluding hydrogens is 292 g/mol. The van der Waals surface area contributed by atoms with E-state index in [2.05, 4.69) is 16.3 Å². The van der Waals surface area contributed by atoms with Gasteiger partial charge in [-0.3, -0.25) is 0 Å². The Bertz CT molecular complexity index is 716. The maximum Gasteiger partial charge on any atom is 0.211 e. The van der Waals surface area contributed by atoms with Crippen molar-refractivity contribution >= 4 is 12.2 Å². The van der Waals surface area contributed by atoms with Gasteiger partial charge in [-0.05, 0) is 16.7 Å². The van der Waals surface area contributed by atoms with Crippen LogP contribution in [0.15, 0.2) is 58.7 Å². The third kappa shape index (κ3) is 3.74. The lowest BCUT2D eigenvalue weighted by Gasteiger charge is -2.14. The molecule has 4 N–H and O–H groups in total. The lowest BCUT2D eigenvalue weighted by Crippen LogP contribution is -2.21. The van der Waals surface area contributed by atoms with Crippen molar-refractivity contribution in [3.8, 4) is 11.1 Å². The number of hydrogen-bond donors (Lipinski definition) is 2. The number of nitrogens with two attached hydrogens (primary N) is 2. The third-order valence-electron chi connectivity index (χ3n) is 3.44. The quantitative estimate of drug-likeness (QED) is 0.513. The predicted octanol–water partition coefficient (Wildman–Crippen LogP) is 2.01. The van der Waals surface area contributed by atoms with Gasteiger partial charge in [-0.2, -0.15) is 5.10 Å². The van der Waals surface area contributed by atoms with E-state index in [1.165, 1.54) is 0 Å². The summed E-state index contributed by atoms with van der Waals surface area (Å²) in [6.07, 6.45) is 1.30. The first-order chi connectivity index (χ1) is 11.2. The molecule has 3 rings (SSSR count). The number of benzene rings is 2. The molecule has 2 aromatic rings. The van der Waals surface area contributed by atoms with Crippen LogP contribution in [0, 0.1) is 0 Å². The molecule has 0 atom stereocenters. The van der Waals surface area contributed by atoms with Gasteiger partial charge in [-0.25, -0.2) is 0 Å². The zero-order valence-electron chi connectivity index (χ0n) is 12.6. The van der Waals surface area contributed by atoms with Crippen LogP contribution in [0.1, 0.15) is 17.4 Å². The number of guanidine groups is 1. The van der Waals surface area contributed by atoms with E-state index < -0.39 is 0 Å². The molecule has 0 amide bonds. The molecule has 1 fully saturated rings. The highest BCUT2D eigenvalue weighted by Crippen LogP contribution is 2.32. The summed E-state index contributed by atoms with van der Waals surface area (Å²) in [5.41, 5.74) is 14.6. The van der Waals surface area contributed by atoms with Gasteiger partial charge in [-0.15, -0.1) is 5.10 Å². The Kier molecular flexibility index (Phi) is 4.65. The summed E-state index contributed by atoms with van der Waals surface area (Å²) < 4.78 is 11.2. The zero-order valence-corrected chi connectivity index (χ0v) is 12.6. The molecule has 2 aromatic carbocycles. The molecule has 0 aromatic heterocycles. The van der Waals surface area contributed by atoms with Crippen LogP contribution in [-0.4, -0.2) is 25.4 Å². The maximum absolute atomic E-state index is 5.62. The Morgan fingerprint density at radius 2 is 1.70 bits per heavy atom. The number of ether oxygens (including phenoxy) is 2. The third-order valence-corrected chi connectivity index (χ3v) is 3.44. The molecule has 0 unspecified atom stereocenters. The molecule has 23 heavy (non-hydrogen) atoms. The highest BCUT2D eigenvalue weighted by molar-refractivity contribution is 5.82. The van der Waals surface area contributed by atoms with Crippen LogP contribution in [0.2, 0.25) is 0 Å². The summed E-state index contributed by atoms with van der Waals surface area (Å²) in [4.78, 5) is 0. The highest BCUT2D eigenvalue weighted by atomic mass is 16.7. The van der Waals surface area contributed by atoms with E-state index in [0.29, 0.717) is 13.2 Å². The van der Waals surface area contributed by atoms with Gasteiger partial charge in [0.2, 0.25) is 5.96 Å². The second-order valence-corrected chi connectivity index (χ2v) is 5.05. The molecule has 1 aliphatic rings. The van der Waals surface area contributed by atoms with E-state index >= 15 is 0 Å². The Balaban J connectivity index is 1.85. The second-order valence-electron chi connectivity index (χ2n) is 5.05. The molecule has 118 valence electrons. The molecule has 0 spiro atoms. The van der Waals surface area contributed by atoms with Crippen molar-refractivity contribution < 1.29 is 9.47 Å². The molecule has 6 nitrogen and oxygen atoms in total. The minimum atomic E-state index is -0.297. The molecule has 1 saturated heterocycles. The SMILES string of the molecule is NC(N)=NN=Cc1ccc(-c2ccccc2C2OCCO2)cc1. The minimum Gasteiger partial charge on any atom is -0.369 e. The molecule has 0 saturated carbocycles. The average molecular weight is 310 g/mol. The fraction of sp³-hybridized carbons (Fsp3) is 0.176. The minimum absolute atomic E-state index is 0.0663. The Labute approximate surface area is 134 Å². The monoisotopic (exact) mass is 310 g/mol. The smallest absolute Gasteiger partial charge is 0.211 e. The number of rotatable bonds is 4. The molecule has 6 heteroatoms. The van der Waals surface area contributed by atoms with E-state index in [9.17, 15) is 0 Å². The Hall–Kier alpha value is -2.70. The Morgan fingerprint density at radius 3 is 2.39 bits per heavy atom. The summed E-state index contributed by atoms with van der Waals surface area (Å²) in [5.74, 6) is -0.0663. The van der Waals surface area contributed by atoms with Crippen LogP contribution in [0.25, 0.3) is 11.1 Å². The van der Waals surface area contributed by atoms with Crippen molar-refractivity contribution in [1.82, 2.24) is 0 Å². The lowest BCUT2D eigenvalue weighted by molar-refractivity contribution is -0.0436. The fourth-order valence-electron chi connectivity index (χ4n) is 2.41. The van der Waals surface area contributed by atoms with Gasteiger partial charge >= 0.3 is 0 Å². The maximum atomic E-state index is 5.62. The summed E-state index contributed by atoms with van der Waals surface area (Å²) >= 11 is 0. The Morgan fingerprint density at radius 1 is 1.00 bits per heavy atom. The van der Waals surface area contributed by atoms with Crippen molar-refractivity contribution in [2.24, 2.45) is 21.7 Å². The lowest BCUT2D eigenvalue weighted by atomic mass is 9.98. The fourth-order valence-corrected chi connectivity index (χ4v) is 2.41. The molecule has 0 bridgehead atoms. The van der Waals surface area contributed by atoms with Gasteiger partial charge in [-0.1, -0.05) is 48.5 Å². The van der Waals surface area contributed by atoms with Gasteiger partial charge in [0, 0.05) is 5.56 Å². The van der Waals surface area contributed by atoms with Crippen molar-refractivity contribution in [2.75, 3.05) is 13.2 Å². The summed E-state index contributed by atoms with van der Waals surface area (Å²) in [5, 5.41) is 7.37. The number of hydrogen-bond acceptors (Lipinski definition) is 4. The van der Waals surface area contributed by atoms with Gasteiger partial charge < -0.3 is 20.9 Å². The normalized spacial score (nSPS) is 15.1. The van der Waals surface area contributed by atoms with Gasteiger partial charge in [0.1, 0.15) is 0 Å². The molecule has 1 aliphatic heterocycles. The molecular formula is C17H18N4O2. The molecule has 0 radical (unpaired) electrons. The molecule has 0 aliphatic carbocycles. The van der Waals surface area contributed by atoms with Gasteiger partial charge in [0.05, 0.1) is 19.4 Å². The van der Waals surface area contributed by atoms with E-state index in [0.717, 1.165) is 22.3 Å². The van der Waals surface area contributed by atoms with E-state index in [4.69, 9.17) is 20.9 Å². The summed E-state index contributed by atoms with van der Waals surface area (Å²) in [7, 11) is 0. The second kappa shape index (κ2) is 7.04. The van der Waals surface area contributed by atoms with Gasteiger partial charge in [0.15, 0.2) is 6.29 Å². The highest BCUT2D eigenvalue weighted by Gasteiger charge is 2.21. The van der Waals surface area contributed by atoms with Crippen LogP contribution in [-0.2, 0) is 9.47 Å².